The zero-order valence-corrected chi connectivity index (χ0v) is 14.4. The first-order chi connectivity index (χ1) is 10.6. The summed E-state index contributed by atoms with van der Waals surface area (Å²) >= 11 is 1.54. The standard InChI is InChI=1S/C16H19N3O2S.ClH/c1-10(18-15(21)13-7-12(20)8-17-13)16-19-14(9-22-16)11-5-3-2-4-6-11;/h2-6,9-10,12-13,17,20H,7-8H2,1H3,(H,18,21);1H. The Kier molecular flexibility index (Phi) is 6.12. The molecule has 1 aromatic heterocycles. The van der Waals surface area contributed by atoms with Gasteiger partial charge in [-0.25, -0.2) is 4.98 Å². The number of aromatic nitrogens is 1. The van der Waals surface area contributed by atoms with Gasteiger partial charge in [0, 0.05) is 17.5 Å². The Morgan fingerprint density at radius 2 is 2.17 bits per heavy atom. The van der Waals surface area contributed by atoms with E-state index in [2.05, 4.69) is 15.6 Å². The van der Waals surface area contributed by atoms with Crippen molar-refractivity contribution in [1.29, 1.82) is 0 Å². The number of thiazole rings is 1. The van der Waals surface area contributed by atoms with Crippen LogP contribution in [0.25, 0.3) is 11.3 Å². The van der Waals surface area contributed by atoms with E-state index in [1.165, 1.54) is 0 Å². The van der Waals surface area contributed by atoms with Crippen molar-refractivity contribution < 1.29 is 9.90 Å². The number of β-amino-alcohol motifs (C(OH)–C–C–N with tert-alkyl or cyclic N) is 1. The predicted molar refractivity (Wildman–Crippen MR) is 93.8 cm³/mol. The molecule has 0 spiro atoms. The molecule has 1 fully saturated rings. The number of benzene rings is 1. The van der Waals surface area contributed by atoms with Gasteiger partial charge in [-0.3, -0.25) is 4.79 Å². The van der Waals surface area contributed by atoms with Crippen LogP contribution < -0.4 is 10.6 Å². The Bertz CT molecular complexity index is 650. The summed E-state index contributed by atoms with van der Waals surface area (Å²) in [5.74, 6) is -0.0829. The number of nitrogens with zero attached hydrogens (tertiary/aromatic N) is 1. The molecule has 7 heteroatoms. The quantitative estimate of drug-likeness (QED) is 0.787. The molecular weight excluding hydrogens is 334 g/mol. The van der Waals surface area contributed by atoms with Crippen molar-refractivity contribution in [3.63, 3.8) is 0 Å². The van der Waals surface area contributed by atoms with Gasteiger partial charge in [-0.2, -0.15) is 0 Å². The van der Waals surface area contributed by atoms with Crippen molar-refractivity contribution in [2.24, 2.45) is 0 Å². The van der Waals surface area contributed by atoms with Gasteiger partial charge < -0.3 is 15.7 Å². The van der Waals surface area contributed by atoms with Gasteiger partial charge in [0.2, 0.25) is 5.91 Å². The molecule has 5 nitrogen and oxygen atoms in total. The summed E-state index contributed by atoms with van der Waals surface area (Å²) in [5.41, 5.74) is 2.00. The van der Waals surface area contributed by atoms with Crippen molar-refractivity contribution in [3.8, 4) is 11.3 Å². The fraction of sp³-hybridized carbons (Fsp3) is 0.375. The van der Waals surface area contributed by atoms with Gasteiger partial charge >= 0.3 is 0 Å². The van der Waals surface area contributed by atoms with Gasteiger partial charge in [0.1, 0.15) is 5.01 Å². The molecule has 0 bridgehead atoms. The van der Waals surface area contributed by atoms with E-state index in [9.17, 15) is 9.90 Å². The van der Waals surface area contributed by atoms with E-state index >= 15 is 0 Å². The molecule has 3 atom stereocenters. The van der Waals surface area contributed by atoms with E-state index in [1.54, 1.807) is 11.3 Å². The van der Waals surface area contributed by atoms with Gasteiger partial charge in [0.05, 0.1) is 23.9 Å². The van der Waals surface area contributed by atoms with Crippen molar-refractivity contribution in [2.75, 3.05) is 6.54 Å². The lowest BCUT2D eigenvalue weighted by molar-refractivity contribution is -0.123. The zero-order chi connectivity index (χ0) is 15.5. The first-order valence-corrected chi connectivity index (χ1v) is 8.24. The van der Waals surface area contributed by atoms with Crippen LogP contribution in [0.3, 0.4) is 0 Å². The summed E-state index contributed by atoms with van der Waals surface area (Å²) in [4.78, 5) is 16.8. The predicted octanol–water partition coefficient (Wildman–Crippen LogP) is 2.13. The molecule has 2 aromatic rings. The number of carbonyl (C=O) groups is 1. The van der Waals surface area contributed by atoms with E-state index in [-0.39, 0.29) is 30.4 Å². The van der Waals surface area contributed by atoms with Gasteiger partial charge in [0.15, 0.2) is 0 Å². The Morgan fingerprint density at radius 1 is 1.43 bits per heavy atom. The smallest absolute Gasteiger partial charge is 0.237 e. The van der Waals surface area contributed by atoms with E-state index in [4.69, 9.17) is 0 Å². The van der Waals surface area contributed by atoms with Crippen LogP contribution in [0.4, 0.5) is 0 Å². The average molecular weight is 354 g/mol. The molecule has 23 heavy (non-hydrogen) atoms. The summed E-state index contributed by atoms with van der Waals surface area (Å²) in [6.45, 7) is 2.40. The van der Waals surface area contributed by atoms with Crippen LogP contribution in [-0.4, -0.2) is 34.7 Å². The van der Waals surface area contributed by atoms with Gasteiger partial charge in [-0.15, -0.1) is 23.7 Å². The molecular formula is C16H20ClN3O2S. The molecule has 1 aliphatic heterocycles. The topological polar surface area (TPSA) is 74.2 Å². The lowest BCUT2D eigenvalue weighted by Crippen LogP contribution is -2.41. The monoisotopic (exact) mass is 353 g/mol. The second-order valence-electron chi connectivity index (χ2n) is 5.52. The van der Waals surface area contributed by atoms with Crippen LogP contribution in [-0.2, 0) is 4.79 Å². The first kappa shape index (κ1) is 17.9. The summed E-state index contributed by atoms with van der Waals surface area (Å²) in [7, 11) is 0. The maximum Gasteiger partial charge on any atom is 0.237 e. The molecule has 2 heterocycles. The molecule has 1 amide bonds. The highest BCUT2D eigenvalue weighted by atomic mass is 35.5. The molecule has 3 unspecified atom stereocenters. The van der Waals surface area contributed by atoms with Crippen LogP contribution in [0.5, 0.6) is 0 Å². The first-order valence-electron chi connectivity index (χ1n) is 7.36. The van der Waals surface area contributed by atoms with Crippen molar-refractivity contribution >= 4 is 29.7 Å². The zero-order valence-electron chi connectivity index (χ0n) is 12.7. The summed E-state index contributed by atoms with van der Waals surface area (Å²) in [6, 6.07) is 9.52. The molecule has 0 aliphatic carbocycles. The van der Waals surface area contributed by atoms with Gasteiger partial charge in [-0.1, -0.05) is 30.3 Å². The lowest BCUT2D eigenvalue weighted by atomic mass is 10.2. The van der Waals surface area contributed by atoms with Crippen LogP contribution in [0.2, 0.25) is 0 Å². The molecule has 1 aromatic carbocycles. The summed E-state index contributed by atoms with van der Waals surface area (Å²) in [6.07, 6.45) is 0.0293. The van der Waals surface area contributed by atoms with Crippen molar-refractivity contribution in [1.82, 2.24) is 15.6 Å². The summed E-state index contributed by atoms with van der Waals surface area (Å²) < 4.78 is 0. The van der Waals surface area contributed by atoms with Gasteiger partial charge in [0.25, 0.3) is 0 Å². The Balaban J connectivity index is 0.00000192. The minimum absolute atomic E-state index is 0. The largest absolute Gasteiger partial charge is 0.392 e. The van der Waals surface area contributed by atoms with Crippen molar-refractivity contribution in [2.45, 2.75) is 31.5 Å². The fourth-order valence-electron chi connectivity index (χ4n) is 2.52. The fourth-order valence-corrected chi connectivity index (χ4v) is 3.36. The molecule has 124 valence electrons. The normalized spacial score (nSPS) is 21.5. The molecule has 0 saturated carbocycles. The number of nitrogens with one attached hydrogen (secondary N) is 2. The third-order valence-corrected chi connectivity index (χ3v) is 4.77. The number of carbonyl (C=O) groups excluding carboxylic acids is 1. The Labute approximate surface area is 145 Å². The van der Waals surface area contributed by atoms with E-state index in [0.29, 0.717) is 13.0 Å². The van der Waals surface area contributed by atoms with Crippen LogP contribution in [0, 0.1) is 0 Å². The second-order valence-corrected chi connectivity index (χ2v) is 6.41. The maximum atomic E-state index is 12.1. The third kappa shape index (κ3) is 4.29. The molecule has 1 saturated heterocycles. The van der Waals surface area contributed by atoms with E-state index in [1.807, 2.05) is 42.6 Å². The number of hydrogen-bond donors (Lipinski definition) is 3. The number of amides is 1. The third-order valence-electron chi connectivity index (χ3n) is 3.74. The van der Waals surface area contributed by atoms with Crippen LogP contribution >= 0.6 is 23.7 Å². The average Bonchev–Trinajstić information content (AvgIpc) is 3.17. The van der Waals surface area contributed by atoms with Gasteiger partial charge in [-0.05, 0) is 13.3 Å². The number of aliphatic hydroxyl groups is 1. The lowest BCUT2D eigenvalue weighted by Gasteiger charge is -2.15. The highest BCUT2D eigenvalue weighted by Crippen LogP contribution is 2.25. The molecule has 1 aliphatic rings. The summed E-state index contributed by atoms with van der Waals surface area (Å²) in [5, 5.41) is 18.3. The molecule has 0 radical (unpaired) electrons. The van der Waals surface area contributed by atoms with Crippen LogP contribution in [0.15, 0.2) is 35.7 Å². The highest BCUT2D eigenvalue weighted by Gasteiger charge is 2.29. The van der Waals surface area contributed by atoms with E-state index < -0.39 is 6.10 Å². The number of rotatable bonds is 4. The second kappa shape index (κ2) is 7.88. The van der Waals surface area contributed by atoms with E-state index in [0.717, 1.165) is 16.3 Å². The number of aliphatic hydroxyl groups excluding tert-OH is 1. The Hall–Kier alpha value is -1.47. The van der Waals surface area contributed by atoms with Crippen LogP contribution in [0.1, 0.15) is 24.4 Å². The Morgan fingerprint density at radius 3 is 2.83 bits per heavy atom. The SMILES string of the molecule is CC(NC(=O)C1CC(O)CN1)c1nc(-c2ccccc2)cs1.Cl. The minimum atomic E-state index is -0.435. The number of halogens is 1. The van der Waals surface area contributed by atoms with Crippen molar-refractivity contribution in [3.05, 3.63) is 40.7 Å². The molecule has 3 rings (SSSR count). The number of hydrogen-bond acceptors (Lipinski definition) is 5. The highest BCUT2D eigenvalue weighted by molar-refractivity contribution is 7.10. The minimum Gasteiger partial charge on any atom is -0.392 e. The maximum absolute atomic E-state index is 12.1. The molecule has 3 N–H and O–H groups in total.